The molecule has 1 aliphatic heterocycles. The molecule has 1 atom stereocenters. The van der Waals surface area contributed by atoms with Gasteiger partial charge in [0.2, 0.25) is 0 Å². The van der Waals surface area contributed by atoms with Crippen LogP contribution < -0.4 is 9.50 Å². The second-order valence-corrected chi connectivity index (χ2v) is 13.0. The first-order valence-electron chi connectivity index (χ1n) is 12.6. The number of allylic oxidation sites excluding steroid dienone is 1. The van der Waals surface area contributed by atoms with Gasteiger partial charge in [0.25, 0.3) is 0 Å². The molecule has 1 heterocycles. The van der Waals surface area contributed by atoms with Crippen LogP contribution in [0.4, 0.5) is 13.2 Å². The number of halogens is 4. The number of hydrogen-bond donors (Lipinski definition) is 1. The summed E-state index contributed by atoms with van der Waals surface area (Å²) in [4.78, 5) is 17.8. The minimum atomic E-state index is -5.70. The molecule has 0 spiro atoms. The fraction of sp³-hybridized carbons (Fsp3) is 0.370. The molecule has 0 aromatic heterocycles. The molecule has 0 bridgehead atoms. The maximum atomic E-state index is 12.5. The summed E-state index contributed by atoms with van der Waals surface area (Å²) in [5.74, 6) is 0.151. The lowest BCUT2D eigenvalue weighted by Crippen LogP contribution is -2.33. The standard InChI is InChI=1S/C27H28ClF3N2O5S2/c1-2-23-24(28)25(32-16-39(23)17-37-26(34)20-6-4-3-5-7-20)33-21-12-8-18(9-13-21)19-10-14-22(15-11-19)38-40(35,36)27(29,30)31/h3-7,10-11,14-16,18,21H,2,8-9,12-13,17H2,1H3,(H,32,33). The Morgan fingerprint density at radius 1 is 1.07 bits per heavy atom. The summed E-state index contributed by atoms with van der Waals surface area (Å²) in [7, 11) is -6.24. The van der Waals surface area contributed by atoms with Gasteiger partial charge in [-0.05, 0) is 67.9 Å². The van der Waals surface area contributed by atoms with E-state index in [2.05, 4.69) is 14.5 Å². The number of carbonyl (C=O) groups excluding carboxylic acids is 1. The van der Waals surface area contributed by atoms with E-state index in [1.165, 1.54) is 12.1 Å². The van der Waals surface area contributed by atoms with E-state index in [9.17, 15) is 26.4 Å². The average Bonchev–Trinajstić information content (AvgIpc) is 2.93. The Balaban J connectivity index is 1.32. The van der Waals surface area contributed by atoms with Crippen molar-refractivity contribution in [2.75, 3.05) is 5.94 Å². The van der Waals surface area contributed by atoms with Crippen molar-refractivity contribution in [3.8, 4) is 5.75 Å². The molecule has 4 rings (SSSR count). The topological polar surface area (TPSA) is 94.1 Å². The molecule has 1 aliphatic carbocycles. The maximum absolute atomic E-state index is 12.5. The van der Waals surface area contributed by atoms with Crippen molar-refractivity contribution in [3.05, 3.63) is 76.6 Å². The number of carbonyl (C=O) groups is 1. The molecular formula is C27H28ClF3N2O5S2. The van der Waals surface area contributed by atoms with E-state index in [-0.39, 0.29) is 23.6 Å². The van der Waals surface area contributed by atoms with Gasteiger partial charge in [-0.25, -0.2) is 9.79 Å². The largest absolute Gasteiger partial charge is 0.534 e. The van der Waals surface area contributed by atoms with Crippen LogP contribution in [0, 0.1) is 0 Å². The summed E-state index contributed by atoms with van der Waals surface area (Å²) >= 11 is 6.72. The van der Waals surface area contributed by atoms with Gasteiger partial charge in [0.15, 0.2) is 0 Å². The van der Waals surface area contributed by atoms with Crippen LogP contribution in [0.15, 0.2) is 70.4 Å². The van der Waals surface area contributed by atoms with Crippen LogP contribution in [0.1, 0.15) is 60.9 Å². The minimum absolute atomic E-state index is 0.130. The van der Waals surface area contributed by atoms with Gasteiger partial charge in [-0.3, -0.25) is 0 Å². The van der Waals surface area contributed by atoms with Crippen molar-refractivity contribution in [1.29, 1.82) is 0 Å². The van der Waals surface area contributed by atoms with Gasteiger partial charge in [0.1, 0.15) is 17.5 Å². The minimum Gasteiger partial charge on any atom is -0.451 e. The van der Waals surface area contributed by atoms with Crippen LogP contribution in [-0.2, 0) is 14.9 Å². The van der Waals surface area contributed by atoms with E-state index in [1.807, 2.05) is 13.0 Å². The van der Waals surface area contributed by atoms with Crippen LogP contribution in [-0.4, -0.2) is 42.3 Å². The van der Waals surface area contributed by atoms with Gasteiger partial charge in [0.05, 0.1) is 16.1 Å². The van der Waals surface area contributed by atoms with Gasteiger partial charge in [-0.1, -0.05) is 48.9 Å². The van der Waals surface area contributed by atoms with Crippen LogP contribution in [0.5, 0.6) is 5.75 Å². The number of benzene rings is 2. The number of nitrogens with one attached hydrogen (secondary N) is 1. The summed E-state index contributed by atoms with van der Waals surface area (Å²) in [5.41, 5.74) is -2.32. The average molecular weight is 617 g/mol. The molecule has 13 heteroatoms. The highest BCUT2D eigenvalue weighted by atomic mass is 35.5. The molecule has 216 valence electrons. The highest BCUT2D eigenvalue weighted by Crippen LogP contribution is 2.36. The third-order valence-electron chi connectivity index (χ3n) is 6.63. The summed E-state index contributed by atoms with van der Waals surface area (Å²) in [6.45, 7) is 1.99. The van der Waals surface area contributed by atoms with Crippen LogP contribution >= 0.6 is 22.1 Å². The maximum Gasteiger partial charge on any atom is 0.534 e. The lowest BCUT2D eigenvalue weighted by Gasteiger charge is -2.31. The van der Waals surface area contributed by atoms with E-state index < -0.39 is 32.1 Å². The number of alkyl halides is 3. The van der Waals surface area contributed by atoms with Gasteiger partial charge in [-0.15, -0.1) is 10.5 Å². The van der Waals surface area contributed by atoms with E-state index in [4.69, 9.17) is 16.3 Å². The van der Waals surface area contributed by atoms with Crippen molar-refractivity contribution in [1.82, 2.24) is 5.32 Å². The van der Waals surface area contributed by atoms with Crippen LogP contribution in [0.3, 0.4) is 0 Å². The van der Waals surface area contributed by atoms with Crippen LogP contribution in [0.25, 0.3) is 0 Å². The first-order valence-corrected chi connectivity index (χ1v) is 15.8. The monoisotopic (exact) mass is 616 g/mol. The highest BCUT2D eigenvalue weighted by molar-refractivity contribution is 8.27. The molecule has 7 nitrogen and oxygen atoms in total. The second kappa shape index (κ2) is 12.8. The summed E-state index contributed by atoms with van der Waals surface area (Å²) in [6.07, 6.45) is 3.95. The lowest BCUT2D eigenvalue weighted by atomic mass is 9.82. The lowest BCUT2D eigenvalue weighted by molar-refractivity contribution is -0.0500. The number of nitrogens with zero attached hydrogens (tertiary/aromatic N) is 1. The quantitative estimate of drug-likeness (QED) is 0.147. The Kier molecular flexibility index (Phi) is 9.63. The number of ether oxygens (including phenoxy) is 1. The normalized spacial score (nSPS) is 21.7. The molecule has 1 N–H and O–H groups in total. The summed E-state index contributed by atoms with van der Waals surface area (Å²) in [5, 5.41) is 3.97. The predicted molar refractivity (Wildman–Crippen MR) is 151 cm³/mol. The second-order valence-electron chi connectivity index (χ2n) is 9.26. The van der Waals surface area contributed by atoms with Gasteiger partial charge in [-0.2, -0.15) is 21.6 Å². The van der Waals surface area contributed by atoms with Gasteiger partial charge < -0.3 is 14.2 Å². The first-order chi connectivity index (χ1) is 19.0. The molecule has 40 heavy (non-hydrogen) atoms. The SMILES string of the molecule is CCC1=S(COC(=O)c2ccccc2)C=NC(NC2CCC(c3ccc(OS(=O)(=O)C(F)(F)F)cc3)CC2)=C1Cl. The Morgan fingerprint density at radius 2 is 1.73 bits per heavy atom. The summed E-state index contributed by atoms with van der Waals surface area (Å²) in [6, 6.07) is 14.6. The van der Waals surface area contributed by atoms with E-state index in [0.29, 0.717) is 22.8 Å². The molecule has 0 radical (unpaired) electrons. The highest BCUT2D eigenvalue weighted by Gasteiger charge is 2.48. The van der Waals surface area contributed by atoms with Gasteiger partial charge in [0, 0.05) is 10.9 Å². The van der Waals surface area contributed by atoms with Crippen molar-refractivity contribution < 1.29 is 35.3 Å². The van der Waals surface area contributed by atoms with Crippen molar-refractivity contribution >= 4 is 48.6 Å². The third kappa shape index (κ3) is 7.27. The fourth-order valence-electron chi connectivity index (χ4n) is 4.54. The number of aliphatic imine (C=N–C) groups is 1. The zero-order valence-corrected chi connectivity index (χ0v) is 23.9. The van der Waals surface area contributed by atoms with Crippen LogP contribution in [0.2, 0.25) is 0 Å². The van der Waals surface area contributed by atoms with Crippen molar-refractivity contribution in [3.63, 3.8) is 0 Å². The molecule has 2 aromatic carbocycles. The Morgan fingerprint density at radius 3 is 2.33 bits per heavy atom. The van der Waals surface area contributed by atoms with E-state index in [1.54, 1.807) is 41.9 Å². The third-order valence-corrected chi connectivity index (χ3v) is 9.99. The number of hydrogen-bond acceptors (Lipinski definition) is 7. The Labute approximate surface area is 238 Å². The molecule has 0 amide bonds. The Hall–Kier alpha value is -2.83. The van der Waals surface area contributed by atoms with E-state index >= 15 is 0 Å². The molecule has 1 saturated carbocycles. The molecule has 2 aliphatic rings. The zero-order chi connectivity index (χ0) is 28.9. The molecule has 2 aromatic rings. The van der Waals surface area contributed by atoms with Crippen molar-refractivity contribution in [2.45, 2.75) is 56.5 Å². The fourth-order valence-corrected chi connectivity index (χ4v) is 7.02. The molecule has 0 saturated heterocycles. The smallest absolute Gasteiger partial charge is 0.451 e. The molecule has 1 fully saturated rings. The van der Waals surface area contributed by atoms with Gasteiger partial charge >= 0.3 is 21.6 Å². The predicted octanol–water partition coefficient (Wildman–Crippen LogP) is 6.65. The van der Waals surface area contributed by atoms with Crippen molar-refractivity contribution in [2.24, 2.45) is 4.99 Å². The number of esters is 1. The first kappa shape index (κ1) is 30.1. The number of rotatable bonds is 9. The molecule has 1 unspecified atom stereocenters. The molecular weight excluding hydrogens is 589 g/mol. The summed E-state index contributed by atoms with van der Waals surface area (Å²) < 4.78 is 69.7. The zero-order valence-electron chi connectivity index (χ0n) is 21.5. The van der Waals surface area contributed by atoms with E-state index in [0.717, 1.165) is 36.1 Å². The Bertz CT molecular complexity index is 1420.